The molecule has 2 amide bonds. The number of nitrogens with one attached hydrogen (secondary N) is 2. The van der Waals surface area contributed by atoms with Crippen LogP contribution in [-0.4, -0.2) is 63.1 Å². The van der Waals surface area contributed by atoms with Crippen LogP contribution in [0.4, 0.5) is 22.2 Å². The maximum absolute atomic E-state index is 13.0. The van der Waals surface area contributed by atoms with E-state index in [0.29, 0.717) is 43.0 Å². The minimum Gasteiger partial charge on any atom is -0.497 e. The van der Waals surface area contributed by atoms with Crippen LogP contribution < -0.4 is 20.3 Å². The van der Waals surface area contributed by atoms with Crippen LogP contribution in [0.5, 0.6) is 5.75 Å². The maximum Gasteiger partial charge on any atom is 0.327 e. The zero-order valence-electron chi connectivity index (χ0n) is 18.1. The second kappa shape index (κ2) is 12.6. The molecule has 2 N–H and O–H groups in total. The fraction of sp³-hybridized carbons (Fsp3) is 0.476. The molecule has 0 saturated carbocycles. The van der Waals surface area contributed by atoms with Crippen molar-refractivity contribution in [3.8, 4) is 5.75 Å². The molecular formula is C21H31N5O4. The SMILES string of the molecule is COCCCCNC(=O)N(c1ccc(OC)cc1)c1ccnc(NC(C)COC)n1. The highest BCUT2D eigenvalue weighted by Gasteiger charge is 2.20. The quantitative estimate of drug-likeness (QED) is 0.512. The van der Waals surface area contributed by atoms with Gasteiger partial charge >= 0.3 is 6.03 Å². The van der Waals surface area contributed by atoms with Gasteiger partial charge in [0.15, 0.2) is 0 Å². The van der Waals surface area contributed by atoms with Crippen LogP contribution in [0.25, 0.3) is 0 Å². The highest BCUT2D eigenvalue weighted by atomic mass is 16.5. The van der Waals surface area contributed by atoms with Crippen LogP contribution in [0.1, 0.15) is 19.8 Å². The zero-order valence-corrected chi connectivity index (χ0v) is 18.1. The minimum atomic E-state index is -0.271. The van der Waals surface area contributed by atoms with Crippen molar-refractivity contribution < 1.29 is 19.0 Å². The number of urea groups is 1. The largest absolute Gasteiger partial charge is 0.497 e. The first-order valence-corrected chi connectivity index (χ1v) is 9.88. The van der Waals surface area contributed by atoms with E-state index < -0.39 is 0 Å². The van der Waals surface area contributed by atoms with Gasteiger partial charge in [-0.3, -0.25) is 0 Å². The molecule has 0 aliphatic heterocycles. The van der Waals surface area contributed by atoms with Crippen LogP contribution in [0, 0.1) is 0 Å². The van der Waals surface area contributed by atoms with Gasteiger partial charge in [0.25, 0.3) is 0 Å². The molecule has 0 aliphatic rings. The molecule has 9 heteroatoms. The summed E-state index contributed by atoms with van der Waals surface area (Å²) in [5.41, 5.74) is 0.666. The molecule has 1 heterocycles. The summed E-state index contributed by atoms with van der Waals surface area (Å²) in [6.45, 7) is 3.68. The first kappa shape index (κ1) is 23.4. The van der Waals surface area contributed by atoms with Gasteiger partial charge < -0.3 is 24.8 Å². The van der Waals surface area contributed by atoms with Crippen LogP contribution in [0.2, 0.25) is 0 Å². The number of nitrogens with zero attached hydrogens (tertiary/aromatic N) is 3. The smallest absolute Gasteiger partial charge is 0.327 e. The number of aromatic nitrogens is 2. The Bertz CT molecular complexity index is 772. The standard InChI is InChI=1S/C21H31N5O4/c1-16(15-29-3)24-20-22-13-11-19(25-20)26(17-7-9-18(30-4)10-8-17)21(27)23-12-5-6-14-28-2/h7-11,13,16H,5-6,12,14-15H2,1-4H3,(H,23,27)(H,22,24,25). The molecule has 164 valence electrons. The summed E-state index contributed by atoms with van der Waals surface area (Å²) >= 11 is 0. The third-order valence-corrected chi connectivity index (χ3v) is 4.25. The average molecular weight is 418 g/mol. The van der Waals surface area contributed by atoms with Crippen LogP contribution in [0.15, 0.2) is 36.5 Å². The predicted molar refractivity (Wildman–Crippen MR) is 117 cm³/mol. The van der Waals surface area contributed by atoms with Crippen LogP contribution >= 0.6 is 0 Å². The van der Waals surface area contributed by atoms with E-state index in [1.165, 1.54) is 4.90 Å². The second-order valence-electron chi connectivity index (χ2n) is 6.70. The van der Waals surface area contributed by atoms with Crippen molar-refractivity contribution in [1.82, 2.24) is 15.3 Å². The number of amides is 2. The molecule has 0 spiro atoms. The number of anilines is 3. The molecule has 30 heavy (non-hydrogen) atoms. The number of ether oxygens (including phenoxy) is 3. The Kier molecular flexibility index (Phi) is 9.82. The molecule has 0 fully saturated rings. The van der Waals surface area contributed by atoms with E-state index >= 15 is 0 Å². The summed E-state index contributed by atoms with van der Waals surface area (Å²) < 4.78 is 15.4. The number of hydrogen-bond acceptors (Lipinski definition) is 7. The van der Waals surface area contributed by atoms with Crippen LogP contribution in [0.3, 0.4) is 0 Å². The zero-order chi connectivity index (χ0) is 21.8. The Morgan fingerprint density at radius 2 is 1.87 bits per heavy atom. The van der Waals surface area contributed by atoms with E-state index in [4.69, 9.17) is 14.2 Å². The van der Waals surface area contributed by atoms with Gasteiger partial charge in [0, 0.05) is 45.7 Å². The highest BCUT2D eigenvalue weighted by Crippen LogP contribution is 2.26. The molecule has 0 radical (unpaired) electrons. The van der Waals surface area contributed by atoms with Gasteiger partial charge in [0.05, 0.1) is 19.4 Å². The number of unbranched alkanes of at least 4 members (excludes halogenated alkanes) is 1. The summed E-state index contributed by atoms with van der Waals surface area (Å²) in [5, 5.41) is 6.12. The first-order valence-electron chi connectivity index (χ1n) is 9.88. The van der Waals surface area contributed by atoms with Crippen molar-refractivity contribution >= 4 is 23.5 Å². The number of benzene rings is 1. The van der Waals surface area contributed by atoms with Crippen LogP contribution in [-0.2, 0) is 9.47 Å². The van der Waals surface area contributed by atoms with Crippen molar-refractivity contribution in [3.05, 3.63) is 36.5 Å². The van der Waals surface area contributed by atoms with Gasteiger partial charge in [-0.05, 0) is 44.0 Å². The Labute approximate surface area is 177 Å². The Balaban J connectivity index is 2.23. The summed E-state index contributed by atoms with van der Waals surface area (Å²) in [6, 6.07) is 8.67. The molecule has 0 bridgehead atoms. The number of carbonyl (C=O) groups is 1. The molecule has 0 aliphatic carbocycles. The third kappa shape index (κ3) is 7.16. The van der Waals surface area contributed by atoms with E-state index in [9.17, 15) is 4.79 Å². The lowest BCUT2D eigenvalue weighted by molar-refractivity contribution is 0.190. The van der Waals surface area contributed by atoms with Gasteiger partial charge in [-0.25, -0.2) is 14.7 Å². The Morgan fingerprint density at radius 1 is 1.10 bits per heavy atom. The van der Waals surface area contributed by atoms with E-state index in [-0.39, 0.29) is 12.1 Å². The van der Waals surface area contributed by atoms with Crippen molar-refractivity contribution in [2.45, 2.75) is 25.8 Å². The van der Waals surface area contributed by atoms with Gasteiger partial charge in [0.2, 0.25) is 5.95 Å². The normalized spacial score (nSPS) is 11.6. The van der Waals surface area contributed by atoms with E-state index in [0.717, 1.165) is 12.8 Å². The fourth-order valence-electron chi connectivity index (χ4n) is 2.79. The summed E-state index contributed by atoms with van der Waals surface area (Å²) in [6.07, 6.45) is 3.31. The lowest BCUT2D eigenvalue weighted by Crippen LogP contribution is -2.38. The Morgan fingerprint density at radius 3 is 2.53 bits per heavy atom. The van der Waals surface area contributed by atoms with Gasteiger partial charge in [-0.2, -0.15) is 4.98 Å². The van der Waals surface area contributed by atoms with Crippen molar-refractivity contribution in [1.29, 1.82) is 0 Å². The summed E-state index contributed by atoms with van der Waals surface area (Å²) in [5.74, 6) is 1.58. The van der Waals surface area contributed by atoms with Crippen molar-refractivity contribution in [2.24, 2.45) is 0 Å². The van der Waals surface area contributed by atoms with Gasteiger partial charge in [-0.15, -0.1) is 0 Å². The minimum absolute atomic E-state index is 0.0225. The third-order valence-electron chi connectivity index (χ3n) is 4.25. The lowest BCUT2D eigenvalue weighted by atomic mass is 10.2. The van der Waals surface area contributed by atoms with E-state index in [1.807, 2.05) is 19.1 Å². The van der Waals surface area contributed by atoms with Gasteiger partial charge in [-0.1, -0.05) is 0 Å². The monoisotopic (exact) mass is 417 g/mol. The molecule has 2 rings (SSSR count). The van der Waals surface area contributed by atoms with E-state index in [2.05, 4.69) is 20.6 Å². The molecular weight excluding hydrogens is 386 g/mol. The molecule has 9 nitrogen and oxygen atoms in total. The topological polar surface area (TPSA) is 97.8 Å². The first-order chi connectivity index (χ1) is 14.6. The van der Waals surface area contributed by atoms with Crippen molar-refractivity contribution in [2.75, 3.05) is 51.3 Å². The fourth-order valence-corrected chi connectivity index (χ4v) is 2.79. The number of rotatable bonds is 12. The second-order valence-corrected chi connectivity index (χ2v) is 6.70. The summed E-state index contributed by atoms with van der Waals surface area (Å²) in [7, 11) is 4.90. The molecule has 1 atom stereocenters. The molecule has 1 unspecified atom stereocenters. The molecule has 0 saturated heterocycles. The number of hydrogen-bond donors (Lipinski definition) is 2. The lowest BCUT2D eigenvalue weighted by Gasteiger charge is -2.23. The summed E-state index contributed by atoms with van der Waals surface area (Å²) in [4.78, 5) is 23.3. The molecule has 2 aromatic rings. The highest BCUT2D eigenvalue weighted by molar-refractivity contribution is 5.98. The van der Waals surface area contributed by atoms with Gasteiger partial charge in [0.1, 0.15) is 11.6 Å². The average Bonchev–Trinajstić information content (AvgIpc) is 2.75. The molecule has 1 aromatic heterocycles. The number of carbonyl (C=O) groups excluding carboxylic acids is 1. The predicted octanol–water partition coefficient (Wildman–Crippen LogP) is 3.21. The van der Waals surface area contributed by atoms with Crippen molar-refractivity contribution in [3.63, 3.8) is 0 Å². The molecule has 1 aromatic carbocycles. The number of methoxy groups -OCH3 is 3. The maximum atomic E-state index is 13.0. The Hall–Kier alpha value is -2.91. The van der Waals surface area contributed by atoms with E-state index in [1.54, 1.807) is 45.7 Å².